The van der Waals surface area contributed by atoms with Gasteiger partial charge in [-0.2, -0.15) is 0 Å². The number of nitrogens with zero attached hydrogens (tertiary/aromatic N) is 2. The molecule has 1 aliphatic rings. The average molecular weight is 537 g/mol. The van der Waals surface area contributed by atoms with Gasteiger partial charge in [0.15, 0.2) is 5.96 Å². The number of guanidine groups is 1. The van der Waals surface area contributed by atoms with Gasteiger partial charge in [-0.3, -0.25) is 4.99 Å². The smallest absolute Gasteiger partial charge is 0.193 e. The molecule has 170 valence electrons. The molecule has 5 nitrogen and oxygen atoms in total. The SMILES string of the molecule is CN=C(NCC(C)(C)c1ccc(OC)cc1)N1CCC(COCc2ccccc2)C1.I. The lowest BCUT2D eigenvalue weighted by molar-refractivity contribution is 0.0906. The van der Waals surface area contributed by atoms with Crippen LogP contribution in [-0.4, -0.2) is 51.3 Å². The van der Waals surface area contributed by atoms with Crippen LogP contribution in [0.5, 0.6) is 5.75 Å². The summed E-state index contributed by atoms with van der Waals surface area (Å²) in [6, 6.07) is 18.7. The molecule has 0 aromatic heterocycles. The van der Waals surface area contributed by atoms with E-state index in [1.165, 1.54) is 11.1 Å². The fourth-order valence-corrected chi connectivity index (χ4v) is 3.86. The van der Waals surface area contributed by atoms with Crippen LogP contribution in [0.25, 0.3) is 0 Å². The monoisotopic (exact) mass is 537 g/mol. The van der Waals surface area contributed by atoms with Crippen molar-refractivity contribution in [2.24, 2.45) is 10.9 Å². The quantitative estimate of drug-likeness (QED) is 0.301. The van der Waals surface area contributed by atoms with E-state index < -0.39 is 0 Å². The maximum absolute atomic E-state index is 5.96. The molecule has 1 unspecified atom stereocenters. The topological polar surface area (TPSA) is 46.1 Å². The van der Waals surface area contributed by atoms with Crippen LogP contribution in [0.3, 0.4) is 0 Å². The number of halogens is 1. The third-order valence-corrected chi connectivity index (χ3v) is 5.82. The van der Waals surface area contributed by atoms with Gasteiger partial charge in [0.2, 0.25) is 0 Å². The number of benzene rings is 2. The summed E-state index contributed by atoms with van der Waals surface area (Å²) in [6.07, 6.45) is 1.14. The number of rotatable bonds is 8. The Morgan fingerprint density at radius 1 is 1.13 bits per heavy atom. The van der Waals surface area contributed by atoms with E-state index in [0.29, 0.717) is 12.5 Å². The third-order valence-electron chi connectivity index (χ3n) is 5.82. The van der Waals surface area contributed by atoms with Crippen LogP contribution >= 0.6 is 24.0 Å². The Labute approximate surface area is 204 Å². The Bertz CT molecular complexity index is 809. The van der Waals surface area contributed by atoms with Crippen LogP contribution in [0.15, 0.2) is 59.6 Å². The van der Waals surface area contributed by atoms with Gasteiger partial charge in [0, 0.05) is 38.0 Å². The number of ether oxygens (including phenoxy) is 2. The van der Waals surface area contributed by atoms with Crippen LogP contribution in [0.1, 0.15) is 31.4 Å². The van der Waals surface area contributed by atoms with Crippen molar-refractivity contribution >= 4 is 29.9 Å². The van der Waals surface area contributed by atoms with Crippen molar-refractivity contribution in [3.8, 4) is 5.75 Å². The molecule has 0 radical (unpaired) electrons. The average Bonchev–Trinajstić information content (AvgIpc) is 3.23. The molecule has 1 N–H and O–H groups in total. The van der Waals surface area contributed by atoms with Gasteiger partial charge in [-0.05, 0) is 29.7 Å². The van der Waals surface area contributed by atoms with Gasteiger partial charge in [-0.15, -0.1) is 24.0 Å². The lowest BCUT2D eigenvalue weighted by Crippen LogP contribution is -2.45. The first-order valence-corrected chi connectivity index (χ1v) is 10.7. The van der Waals surface area contributed by atoms with E-state index in [4.69, 9.17) is 9.47 Å². The van der Waals surface area contributed by atoms with Gasteiger partial charge >= 0.3 is 0 Å². The molecule has 0 aliphatic carbocycles. The standard InChI is InChI=1S/C25H35N3O2.HI/c1-25(2,22-10-12-23(29-4)13-11-22)19-27-24(26-3)28-15-14-21(16-28)18-30-17-20-8-6-5-7-9-20;/h5-13,21H,14-19H2,1-4H3,(H,26,27);1H. The first-order chi connectivity index (χ1) is 14.5. The molecule has 6 heteroatoms. The Balaban J connectivity index is 0.00000341. The van der Waals surface area contributed by atoms with Crippen molar-refractivity contribution in [1.29, 1.82) is 0 Å². The second-order valence-corrected chi connectivity index (χ2v) is 8.61. The molecule has 1 aliphatic heterocycles. The number of aliphatic imine (C=N–C) groups is 1. The molecule has 1 atom stereocenters. The van der Waals surface area contributed by atoms with E-state index in [9.17, 15) is 0 Å². The number of nitrogens with one attached hydrogen (secondary N) is 1. The van der Waals surface area contributed by atoms with Gasteiger partial charge in [-0.1, -0.05) is 56.3 Å². The van der Waals surface area contributed by atoms with Crippen molar-refractivity contribution in [1.82, 2.24) is 10.2 Å². The Morgan fingerprint density at radius 3 is 2.48 bits per heavy atom. The van der Waals surface area contributed by atoms with Crippen LogP contribution in [0.2, 0.25) is 0 Å². The summed E-state index contributed by atoms with van der Waals surface area (Å²) in [5.41, 5.74) is 2.49. The summed E-state index contributed by atoms with van der Waals surface area (Å²) >= 11 is 0. The molecule has 0 saturated carbocycles. The summed E-state index contributed by atoms with van der Waals surface area (Å²) in [4.78, 5) is 6.87. The summed E-state index contributed by atoms with van der Waals surface area (Å²) < 4.78 is 11.2. The maximum Gasteiger partial charge on any atom is 0.193 e. The van der Waals surface area contributed by atoms with Crippen LogP contribution in [-0.2, 0) is 16.8 Å². The van der Waals surface area contributed by atoms with E-state index in [1.54, 1.807) is 7.11 Å². The van der Waals surface area contributed by atoms with E-state index in [1.807, 2.05) is 25.2 Å². The Morgan fingerprint density at radius 2 is 1.84 bits per heavy atom. The highest BCUT2D eigenvalue weighted by Crippen LogP contribution is 2.25. The largest absolute Gasteiger partial charge is 0.497 e. The van der Waals surface area contributed by atoms with Gasteiger partial charge in [0.25, 0.3) is 0 Å². The predicted octanol–water partition coefficient (Wildman–Crippen LogP) is 4.70. The molecule has 1 fully saturated rings. The van der Waals surface area contributed by atoms with Crippen molar-refractivity contribution in [2.45, 2.75) is 32.3 Å². The highest BCUT2D eigenvalue weighted by atomic mass is 127. The Kier molecular flexibility index (Phi) is 10.1. The molecule has 1 saturated heterocycles. The molecular formula is C25H36IN3O2. The second kappa shape index (κ2) is 12.3. The van der Waals surface area contributed by atoms with Crippen molar-refractivity contribution < 1.29 is 9.47 Å². The zero-order chi connectivity index (χ0) is 21.4. The summed E-state index contributed by atoms with van der Waals surface area (Å²) in [6.45, 7) is 8.79. The van der Waals surface area contributed by atoms with Gasteiger partial charge < -0.3 is 19.7 Å². The van der Waals surface area contributed by atoms with E-state index in [2.05, 4.69) is 65.5 Å². The van der Waals surface area contributed by atoms with Gasteiger partial charge in [0.05, 0.1) is 20.3 Å². The number of hydrogen-bond acceptors (Lipinski definition) is 3. The lowest BCUT2D eigenvalue weighted by Gasteiger charge is -2.29. The molecule has 2 aromatic carbocycles. The molecule has 1 heterocycles. The second-order valence-electron chi connectivity index (χ2n) is 8.61. The first kappa shape index (κ1) is 25.5. The molecule has 0 bridgehead atoms. The van der Waals surface area contributed by atoms with Gasteiger partial charge in [0.1, 0.15) is 5.75 Å². The van der Waals surface area contributed by atoms with Crippen molar-refractivity contribution in [2.75, 3.05) is 40.4 Å². The Hall–Kier alpha value is -1.80. The van der Waals surface area contributed by atoms with Crippen molar-refractivity contribution in [3.05, 3.63) is 65.7 Å². The van der Waals surface area contributed by atoms with Crippen LogP contribution in [0, 0.1) is 5.92 Å². The summed E-state index contributed by atoms with van der Waals surface area (Å²) in [7, 11) is 3.56. The molecule has 3 rings (SSSR count). The van der Waals surface area contributed by atoms with E-state index >= 15 is 0 Å². The van der Waals surface area contributed by atoms with Crippen molar-refractivity contribution in [3.63, 3.8) is 0 Å². The maximum atomic E-state index is 5.96. The summed E-state index contributed by atoms with van der Waals surface area (Å²) in [5, 5.41) is 3.59. The van der Waals surface area contributed by atoms with Gasteiger partial charge in [-0.25, -0.2) is 0 Å². The molecule has 0 spiro atoms. The molecule has 0 amide bonds. The zero-order valence-electron chi connectivity index (χ0n) is 19.1. The van der Waals surface area contributed by atoms with Crippen LogP contribution in [0.4, 0.5) is 0 Å². The fraction of sp³-hybridized carbons (Fsp3) is 0.480. The number of hydrogen-bond donors (Lipinski definition) is 1. The number of methoxy groups -OCH3 is 1. The normalized spacial score (nSPS) is 16.7. The number of likely N-dealkylation sites (tertiary alicyclic amines) is 1. The highest BCUT2D eigenvalue weighted by Gasteiger charge is 2.27. The van der Waals surface area contributed by atoms with E-state index in [0.717, 1.165) is 44.4 Å². The molecule has 31 heavy (non-hydrogen) atoms. The van der Waals surface area contributed by atoms with Crippen LogP contribution < -0.4 is 10.1 Å². The lowest BCUT2D eigenvalue weighted by atomic mass is 9.84. The zero-order valence-corrected chi connectivity index (χ0v) is 21.5. The minimum absolute atomic E-state index is 0. The van der Waals surface area contributed by atoms with E-state index in [-0.39, 0.29) is 29.4 Å². The third kappa shape index (κ3) is 7.38. The minimum Gasteiger partial charge on any atom is -0.497 e. The predicted molar refractivity (Wildman–Crippen MR) is 139 cm³/mol. The first-order valence-electron chi connectivity index (χ1n) is 10.7. The molecule has 2 aromatic rings. The molecular weight excluding hydrogens is 501 g/mol. The highest BCUT2D eigenvalue weighted by molar-refractivity contribution is 14.0. The minimum atomic E-state index is -0.0138. The fourth-order valence-electron chi connectivity index (χ4n) is 3.86. The summed E-state index contributed by atoms with van der Waals surface area (Å²) in [5.74, 6) is 2.40.